The predicted molar refractivity (Wildman–Crippen MR) is 66.0 cm³/mol. The van der Waals surface area contributed by atoms with E-state index in [2.05, 4.69) is 5.32 Å². The number of hydrogen-bond donors (Lipinski definition) is 1. The monoisotopic (exact) mass is 252 g/mol. The Morgan fingerprint density at radius 2 is 1.88 bits per heavy atom. The summed E-state index contributed by atoms with van der Waals surface area (Å²) in [6.45, 7) is 6.98. The molecule has 0 aliphatic rings. The first-order valence-electron chi connectivity index (χ1n) is 5.49. The van der Waals surface area contributed by atoms with Gasteiger partial charge in [0.15, 0.2) is 0 Å². The normalized spacial score (nSPS) is 14.7. The Balaban J connectivity index is 4.29. The minimum absolute atomic E-state index is 0.293. The van der Waals surface area contributed by atoms with Crippen molar-refractivity contribution in [1.29, 1.82) is 0 Å². The van der Waals surface area contributed by atoms with Crippen LogP contribution < -0.4 is 5.32 Å². The molecule has 0 aromatic carbocycles. The van der Waals surface area contributed by atoms with Crippen LogP contribution in [-0.2, 0) is 14.8 Å². The van der Waals surface area contributed by atoms with Crippen molar-refractivity contribution in [3.05, 3.63) is 0 Å². The van der Waals surface area contributed by atoms with Gasteiger partial charge in [0.1, 0.15) is 0 Å². The van der Waals surface area contributed by atoms with Gasteiger partial charge in [-0.3, -0.25) is 0 Å². The highest BCUT2D eigenvalue weighted by atomic mass is 32.2. The number of sulfonamides is 1. The van der Waals surface area contributed by atoms with E-state index in [1.807, 2.05) is 13.8 Å². The molecule has 1 atom stereocenters. The third-order valence-corrected chi connectivity index (χ3v) is 4.60. The molecular formula is C10H24N2O3S. The fourth-order valence-electron chi connectivity index (χ4n) is 1.16. The van der Waals surface area contributed by atoms with Crippen molar-refractivity contribution in [2.75, 3.05) is 33.9 Å². The molecule has 0 aromatic heterocycles. The quantitative estimate of drug-likeness (QED) is 0.674. The van der Waals surface area contributed by atoms with Gasteiger partial charge in [0.2, 0.25) is 10.0 Å². The van der Waals surface area contributed by atoms with Gasteiger partial charge in [0, 0.05) is 33.3 Å². The van der Waals surface area contributed by atoms with Gasteiger partial charge in [-0.15, -0.1) is 0 Å². The zero-order valence-electron chi connectivity index (χ0n) is 10.9. The average molecular weight is 252 g/mol. The Morgan fingerprint density at radius 1 is 1.31 bits per heavy atom. The van der Waals surface area contributed by atoms with Gasteiger partial charge in [0.05, 0.1) is 11.9 Å². The Kier molecular flexibility index (Phi) is 7.14. The largest absolute Gasteiger partial charge is 0.383 e. The number of methoxy groups -OCH3 is 1. The molecule has 98 valence electrons. The molecule has 0 amide bonds. The summed E-state index contributed by atoms with van der Waals surface area (Å²) in [5.74, 6) is 0. The first-order chi connectivity index (χ1) is 7.32. The molecular weight excluding hydrogens is 228 g/mol. The second-order valence-corrected chi connectivity index (χ2v) is 6.69. The molecule has 0 spiro atoms. The Morgan fingerprint density at radius 3 is 2.31 bits per heavy atom. The van der Waals surface area contributed by atoms with Crippen molar-refractivity contribution < 1.29 is 13.2 Å². The maximum Gasteiger partial charge on any atom is 0.217 e. The first-order valence-corrected chi connectivity index (χ1v) is 7.00. The average Bonchev–Trinajstić information content (AvgIpc) is 2.21. The van der Waals surface area contributed by atoms with Crippen LogP contribution in [0.3, 0.4) is 0 Å². The van der Waals surface area contributed by atoms with Gasteiger partial charge in [0.25, 0.3) is 0 Å². The SMILES string of the molecule is COCCN(C)S(=O)(=O)C(C)CNC(C)C. The van der Waals surface area contributed by atoms with Crippen molar-refractivity contribution in [2.24, 2.45) is 0 Å². The molecule has 0 aromatic rings. The minimum Gasteiger partial charge on any atom is -0.383 e. The summed E-state index contributed by atoms with van der Waals surface area (Å²) in [7, 11) is -0.0728. The van der Waals surface area contributed by atoms with Crippen LogP contribution in [0.1, 0.15) is 20.8 Å². The molecule has 0 saturated heterocycles. The highest BCUT2D eigenvalue weighted by Gasteiger charge is 2.25. The van der Waals surface area contributed by atoms with Crippen molar-refractivity contribution in [2.45, 2.75) is 32.1 Å². The van der Waals surface area contributed by atoms with Crippen LogP contribution in [0.5, 0.6) is 0 Å². The standard InChI is InChI=1S/C10H24N2O3S/c1-9(2)11-8-10(3)16(13,14)12(4)6-7-15-5/h9-11H,6-8H2,1-5H3. The summed E-state index contributed by atoms with van der Waals surface area (Å²) < 4.78 is 30.2. The molecule has 0 heterocycles. The summed E-state index contributed by atoms with van der Waals surface area (Å²) in [6, 6.07) is 0.293. The van der Waals surface area contributed by atoms with Crippen molar-refractivity contribution in [3.63, 3.8) is 0 Å². The van der Waals surface area contributed by atoms with E-state index in [1.54, 1.807) is 21.1 Å². The molecule has 6 heteroatoms. The summed E-state index contributed by atoms with van der Waals surface area (Å²) >= 11 is 0. The fraction of sp³-hybridized carbons (Fsp3) is 1.00. The molecule has 0 aliphatic carbocycles. The summed E-state index contributed by atoms with van der Waals surface area (Å²) in [6.07, 6.45) is 0. The zero-order valence-corrected chi connectivity index (χ0v) is 11.7. The molecule has 0 radical (unpaired) electrons. The van der Waals surface area contributed by atoms with Gasteiger partial charge in [-0.25, -0.2) is 12.7 Å². The van der Waals surface area contributed by atoms with Gasteiger partial charge < -0.3 is 10.1 Å². The van der Waals surface area contributed by atoms with Crippen molar-refractivity contribution in [3.8, 4) is 0 Å². The van der Waals surface area contributed by atoms with Crippen LogP contribution >= 0.6 is 0 Å². The van der Waals surface area contributed by atoms with Crippen LogP contribution in [0.15, 0.2) is 0 Å². The Hall–Kier alpha value is -0.170. The number of likely N-dealkylation sites (N-methyl/N-ethyl adjacent to an activating group) is 1. The lowest BCUT2D eigenvalue weighted by Gasteiger charge is -2.22. The molecule has 0 fully saturated rings. The van der Waals surface area contributed by atoms with E-state index in [-0.39, 0.29) is 0 Å². The highest BCUT2D eigenvalue weighted by molar-refractivity contribution is 7.89. The lowest BCUT2D eigenvalue weighted by molar-refractivity contribution is 0.184. The van der Waals surface area contributed by atoms with E-state index in [4.69, 9.17) is 4.74 Å². The molecule has 0 bridgehead atoms. The topological polar surface area (TPSA) is 58.6 Å². The predicted octanol–water partition coefficient (Wildman–Crippen LogP) is 0.281. The van der Waals surface area contributed by atoms with Crippen LogP contribution in [0.2, 0.25) is 0 Å². The van der Waals surface area contributed by atoms with E-state index in [9.17, 15) is 8.42 Å². The number of ether oxygens (including phenoxy) is 1. The minimum atomic E-state index is -3.22. The summed E-state index contributed by atoms with van der Waals surface area (Å²) in [5.41, 5.74) is 0. The van der Waals surface area contributed by atoms with E-state index in [1.165, 1.54) is 4.31 Å². The third-order valence-electron chi connectivity index (χ3n) is 2.37. The van der Waals surface area contributed by atoms with Crippen molar-refractivity contribution in [1.82, 2.24) is 9.62 Å². The molecule has 0 saturated carbocycles. The number of nitrogens with zero attached hydrogens (tertiary/aromatic N) is 1. The third kappa shape index (κ3) is 5.25. The van der Waals surface area contributed by atoms with Gasteiger partial charge >= 0.3 is 0 Å². The molecule has 1 N–H and O–H groups in total. The Labute approximate surface area is 99.2 Å². The van der Waals surface area contributed by atoms with Gasteiger partial charge in [-0.05, 0) is 6.92 Å². The van der Waals surface area contributed by atoms with Crippen LogP contribution in [-0.4, -0.2) is 57.9 Å². The zero-order chi connectivity index (χ0) is 12.8. The van der Waals surface area contributed by atoms with E-state index in [0.29, 0.717) is 25.7 Å². The maximum absolute atomic E-state index is 12.0. The van der Waals surface area contributed by atoms with Crippen LogP contribution in [0.4, 0.5) is 0 Å². The Bertz CT molecular complexity index is 278. The van der Waals surface area contributed by atoms with Gasteiger partial charge in [-0.1, -0.05) is 13.8 Å². The summed E-state index contributed by atoms with van der Waals surface area (Å²) in [4.78, 5) is 0. The van der Waals surface area contributed by atoms with E-state index < -0.39 is 15.3 Å². The lowest BCUT2D eigenvalue weighted by atomic mass is 10.3. The van der Waals surface area contributed by atoms with E-state index >= 15 is 0 Å². The number of rotatable bonds is 8. The second-order valence-electron chi connectivity index (χ2n) is 4.23. The molecule has 16 heavy (non-hydrogen) atoms. The summed E-state index contributed by atoms with van der Waals surface area (Å²) in [5, 5.41) is 2.71. The number of nitrogens with one attached hydrogen (secondary N) is 1. The van der Waals surface area contributed by atoms with E-state index in [0.717, 1.165) is 0 Å². The smallest absolute Gasteiger partial charge is 0.217 e. The van der Waals surface area contributed by atoms with Gasteiger partial charge in [-0.2, -0.15) is 0 Å². The molecule has 0 aliphatic heterocycles. The van der Waals surface area contributed by atoms with Crippen molar-refractivity contribution >= 4 is 10.0 Å². The molecule has 0 rings (SSSR count). The molecule has 5 nitrogen and oxygen atoms in total. The molecule has 1 unspecified atom stereocenters. The number of hydrogen-bond acceptors (Lipinski definition) is 4. The van der Waals surface area contributed by atoms with Crippen LogP contribution in [0, 0.1) is 0 Å². The highest BCUT2D eigenvalue weighted by Crippen LogP contribution is 2.06. The lowest BCUT2D eigenvalue weighted by Crippen LogP contribution is -2.42. The fourth-order valence-corrected chi connectivity index (χ4v) is 2.41. The second kappa shape index (κ2) is 7.21. The van der Waals surface area contributed by atoms with Crippen LogP contribution in [0.25, 0.3) is 0 Å². The maximum atomic E-state index is 12.0. The first kappa shape index (κ1) is 15.8.